The van der Waals surface area contributed by atoms with Gasteiger partial charge in [-0.25, -0.2) is 8.78 Å². The maximum absolute atomic E-state index is 14.0. The van der Waals surface area contributed by atoms with Crippen molar-refractivity contribution in [3.8, 4) is 5.75 Å². The highest BCUT2D eigenvalue weighted by Gasteiger charge is 2.31. The molecular formula is C19H16F2N2O3. The smallest absolute Gasteiger partial charge is 0.251 e. The number of ether oxygens (including phenoxy) is 1. The van der Waals surface area contributed by atoms with E-state index in [1.165, 1.54) is 0 Å². The standard InChI is InChI=1S/C19H16F2N2O3/c20-12-7-14(21)17-15(9-26-16(17)8-12)23-19(25)11-2-1-3-13(6-11)22-18(24)10-4-5-10/h1-3,6-8,10,15H,4-5,9H2,(H,22,24)(H,23,25)/t15-/m1/s1. The van der Waals surface area contributed by atoms with Crippen LogP contribution in [0.1, 0.15) is 34.8 Å². The number of carbonyl (C=O) groups is 2. The zero-order valence-corrected chi connectivity index (χ0v) is 13.7. The van der Waals surface area contributed by atoms with E-state index in [0.29, 0.717) is 11.3 Å². The van der Waals surface area contributed by atoms with Gasteiger partial charge >= 0.3 is 0 Å². The number of anilines is 1. The molecule has 1 heterocycles. The normalized spacial score (nSPS) is 18.0. The summed E-state index contributed by atoms with van der Waals surface area (Å²) >= 11 is 0. The Balaban J connectivity index is 1.49. The molecule has 1 fully saturated rings. The highest BCUT2D eigenvalue weighted by Crippen LogP contribution is 2.35. The number of hydrogen-bond acceptors (Lipinski definition) is 3. The van der Waals surface area contributed by atoms with Gasteiger partial charge in [-0.3, -0.25) is 9.59 Å². The Morgan fingerprint density at radius 3 is 2.69 bits per heavy atom. The van der Waals surface area contributed by atoms with Gasteiger partial charge in [0.05, 0.1) is 11.6 Å². The number of rotatable bonds is 4. The highest BCUT2D eigenvalue weighted by atomic mass is 19.1. The zero-order valence-electron chi connectivity index (χ0n) is 13.7. The minimum absolute atomic E-state index is 0.0273. The third kappa shape index (κ3) is 3.24. The molecule has 7 heteroatoms. The van der Waals surface area contributed by atoms with Crippen LogP contribution in [-0.2, 0) is 4.79 Å². The summed E-state index contributed by atoms with van der Waals surface area (Å²) in [6, 6.07) is 7.68. The van der Waals surface area contributed by atoms with Gasteiger partial charge in [0, 0.05) is 29.3 Å². The predicted octanol–water partition coefficient (Wildman–Crippen LogP) is 3.18. The summed E-state index contributed by atoms with van der Waals surface area (Å²) in [7, 11) is 0. The molecule has 1 aliphatic heterocycles. The van der Waals surface area contributed by atoms with E-state index in [1.54, 1.807) is 24.3 Å². The van der Waals surface area contributed by atoms with Gasteiger partial charge in [-0.2, -0.15) is 0 Å². The number of amides is 2. The Labute approximate surface area is 148 Å². The Bertz CT molecular complexity index is 896. The van der Waals surface area contributed by atoms with Crippen molar-refractivity contribution >= 4 is 17.5 Å². The number of halogens is 2. The van der Waals surface area contributed by atoms with Gasteiger partial charge in [0.1, 0.15) is 24.0 Å². The second-order valence-corrected chi connectivity index (χ2v) is 6.48. The van der Waals surface area contributed by atoms with Crippen molar-refractivity contribution < 1.29 is 23.1 Å². The second-order valence-electron chi connectivity index (χ2n) is 6.48. The van der Waals surface area contributed by atoms with Crippen molar-refractivity contribution in [1.29, 1.82) is 0 Å². The largest absolute Gasteiger partial charge is 0.490 e. The number of carbonyl (C=O) groups excluding carboxylic acids is 2. The van der Waals surface area contributed by atoms with Crippen LogP contribution in [0, 0.1) is 17.6 Å². The maximum atomic E-state index is 14.0. The third-order valence-electron chi connectivity index (χ3n) is 4.46. The Morgan fingerprint density at radius 2 is 1.92 bits per heavy atom. The monoisotopic (exact) mass is 358 g/mol. The fraction of sp³-hybridized carbons (Fsp3) is 0.263. The van der Waals surface area contributed by atoms with Crippen LogP contribution in [0.15, 0.2) is 36.4 Å². The molecule has 2 aromatic rings. The molecule has 0 unspecified atom stereocenters. The lowest BCUT2D eigenvalue weighted by atomic mass is 10.1. The number of nitrogens with one attached hydrogen (secondary N) is 2. The summed E-state index contributed by atoms with van der Waals surface area (Å²) in [5, 5.41) is 5.47. The van der Waals surface area contributed by atoms with Gasteiger partial charge in [0.15, 0.2) is 0 Å². The highest BCUT2D eigenvalue weighted by molar-refractivity contribution is 5.98. The van der Waals surface area contributed by atoms with Crippen molar-refractivity contribution in [2.75, 3.05) is 11.9 Å². The molecule has 2 aromatic carbocycles. The molecule has 134 valence electrons. The summed E-state index contributed by atoms with van der Waals surface area (Å²) in [5.74, 6) is -1.82. The van der Waals surface area contributed by atoms with Crippen molar-refractivity contribution in [2.45, 2.75) is 18.9 Å². The van der Waals surface area contributed by atoms with Crippen molar-refractivity contribution in [2.24, 2.45) is 5.92 Å². The summed E-state index contributed by atoms with van der Waals surface area (Å²) in [5.41, 5.74) is 0.999. The molecule has 0 spiro atoms. The molecule has 2 aliphatic rings. The van der Waals surface area contributed by atoms with Crippen LogP contribution >= 0.6 is 0 Å². The summed E-state index contributed by atoms with van der Waals surface area (Å²) < 4.78 is 32.5. The Morgan fingerprint density at radius 1 is 1.12 bits per heavy atom. The fourth-order valence-corrected chi connectivity index (χ4v) is 2.96. The topological polar surface area (TPSA) is 67.4 Å². The van der Waals surface area contributed by atoms with Gasteiger partial charge in [-0.15, -0.1) is 0 Å². The van der Waals surface area contributed by atoms with Crippen LogP contribution in [-0.4, -0.2) is 18.4 Å². The first-order valence-corrected chi connectivity index (χ1v) is 8.35. The lowest BCUT2D eigenvalue weighted by molar-refractivity contribution is -0.117. The lowest BCUT2D eigenvalue weighted by Gasteiger charge is -2.13. The summed E-state index contributed by atoms with van der Waals surface area (Å²) in [6.07, 6.45) is 1.78. The van der Waals surface area contributed by atoms with E-state index in [1.807, 2.05) is 0 Å². The van der Waals surface area contributed by atoms with Crippen molar-refractivity contribution in [3.63, 3.8) is 0 Å². The Kier molecular flexibility index (Phi) is 4.06. The molecule has 1 aliphatic carbocycles. The fourth-order valence-electron chi connectivity index (χ4n) is 2.96. The average Bonchev–Trinajstić information content (AvgIpc) is 3.38. The SMILES string of the molecule is O=C(N[C@@H]1COc2cc(F)cc(F)c21)c1cccc(NC(=O)C2CC2)c1. The minimum atomic E-state index is -0.756. The molecule has 2 N–H and O–H groups in total. The molecule has 0 radical (unpaired) electrons. The van der Waals surface area contributed by atoms with Gasteiger partial charge in [-0.1, -0.05) is 6.07 Å². The first-order chi connectivity index (χ1) is 12.5. The van der Waals surface area contributed by atoms with Gasteiger partial charge in [-0.05, 0) is 31.0 Å². The summed E-state index contributed by atoms with van der Waals surface area (Å²) in [4.78, 5) is 24.3. The van der Waals surface area contributed by atoms with E-state index in [2.05, 4.69) is 10.6 Å². The van der Waals surface area contributed by atoms with Crippen LogP contribution in [0.5, 0.6) is 5.75 Å². The first-order valence-electron chi connectivity index (χ1n) is 8.35. The Hall–Kier alpha value is -2.96. The first kappa shape index (κ1) is 16.5. The van der Waals surface area contributed by atoms with E-state index in [0.717, 1.165) is 25.0 Å². The van der Waals surface area contributed by atoms with Crippen molar-refractivity contribution in [3.05, 3.63) is 59.2 Å². The molecule has 0 aromatic heterocycles. The van der Waals surface area contributed by atoms with Crippen LogP contribution in [0.4, 0.5) is 14.5 Å². The van der Waals surface area contributed by atoms with E-state index < -0.39 is 23.6 Å². The van der Waals surface area contributed by atoms with Gasteiger partial charge in [0.25, 0.3) is 5.91 Å². The van der Waals surface area contributed by atoms with Crippen LogP contribution in [0.3, 0.4) is 0 Å². The third-order valence-corrected chi connectivity index (χ3v) is 4.46. The maximum Gasteiger partial charge on any atom is 0.251 e. The van der Waals surface area contributed by atoms with E-state index in [-0.39, 0.29) is 29.7 Å². The molecule has 0 saturated heterocycles. The molecule has 0 bridgehead atoms. The molecule has 1 saturated carbocycles. The lowest BCUT2D eigenvalue weighted by Crippen LogP contribution is -2.30. The number of benzene rings is 2. The van der Waals surface area contributed by atoms with E-state index in [9.17, 15) is 18.4 Å². The zero-order chi connectivity index (χ0) is 18.3. The minimum Gasteiger partial charge on any atom is -0.490 e. The molecule has 1 atom stereocenters. The number of hydrogen-bond donors (Lipinski definition) is 2. The van der Waals surface area contributed by atoms with Gasteiger partial charge < -0.3 is 15.4 Å². The predicted molar refractivity (Wildman–Crippen MR) is 89.9 cm³/mol. The van der Waals surface area contributed by atoms with Crippen LogP contribution < -0.4 is 15.4 Å². The molecular weight excluding hydrogens is 342 g/mol. The molecule has 5 nitrogen and oxygen atoms in total. The van der Waals surface area contributed by atoms with Crippen molar-refractivity contribution in [1.82, 2.24) is 5.32 Å². The second kappa shape index (κ2) is 6.40. The molecule has 4 rings (SSSR count). The molecule has 26 heavy (non-hydrogen) atoms. The van der Waals surface area contributed by atoms with Crippen LogP contribution in [0.25, 0.3) is 0 Å². The molecule has 2 amide bonds. The quantitative estimate of drug-likeness (QED) is 0.882. The number of fused-ring (bicyclic) bond motifs is 1. The van der Waals surface area contributed by atoms with E-state index in [4.69, 9.17) is 4.74 Å². The van der Waals surface area contributed by atoms with Gasteiger partial charge in [0.2, 0.25) is 5.91 Å². The van der Waals surface area contributed by atoms with Crippen LogP contribution in [0.2, 0.25) is 0 Å². The van der Waals surface area contributed by atoms with E-state index >= 15 is 0 Å². The summed E-state index contributed by atoms with van der Waals surface area (Å²) in [6.45, 7) is 0.0273. The average molecular weight is 358 g/mol.